The number of nitrogens with one attached hydrogen (secondary N) is 1. The predicted molar refractivity (Wildman–Crippen MR) is 103 cm³/mol. The Hall–Kier alpha value is -1.02. The van der Waals surface area contributed by atoms with Gasteiger partial charge in [0.15, 0.2) is 0 Å². The summed E-state index contributed by atoms with van der Waals surface area (Å²) in [6.45, 7) is 3.20. The van der Waals surface area contributed by atoms with Crippen LogP contribution in [-0.4, -0.2) is 49.1 Å². The average molecular weight is 423 g/mol. The number of carbonyl (C=O) groups is 1. The van der Waals surface area contributed by atoms with Gasteiger partial charge in [0.1, 0.15) is 5.75 Å². The fourth-order valence-electron chi connectivity index (χ4n) is 2.95. The summed E-state index contributed by atoms with van der Waals surface area (Å²) in [4.78, 5) is 12.0. The highest BCUT2D eigenvalue weighted by atomic mass is 35.5. The molecular formula is C17H24Cl2N2O4S. The third kappa shape index (κ3) is 5.74. The van der Waals surface area contributed by atoms with Gasteiger partial charge >= 0.3 is 0 Å². The highest BCUT2D eigenvalue weighted by Gasteiger charge is 2.26. The minimum absolute atomic E-state index is 0.0247. The van der Waals surface area contributed by atoms with E-state index in [1.807, 2.05) is 0 Å². The lowest BCUT2D eigenvalue weighted by molar-refractivity contribution is -0.121. The minimum atomic E-state index is -3.12. The molecule has 1 fully saturated rings. The monoisotopic (exact) mass is 422 g/mol. The molecule has 0 radical (unpaired) electrons. The van der Waals surface area contributed by atoms with Gasteiger partial charge in [0, 0.05) is 32.1 Å². The van der Waals surface area contributed by atoms with Crippen LogP contribution in [-0.2, 0) is 21.2 Å². The van der Waals surface area contributed by atoms with Crippen molar-refractivity contribution in [2.75, 3.05) is 25.4 Å². The Morgan fingerprint density at radius 3 is 2.50 bits per heavy atom. The summed E-state index contributed by atoms with van der Waals surface area (Å²) in [5, 5.41) is 13.3. The van der Waals surface area contributed by atoms with Crippen molar-refractivity contribution >= 4 is 39.1 Å². The maximum absolute atomic E-state index is 12.0. The van der Waals surface area contributed by atoms with Crippen LogP contribution in [0.4, 0.5) is 0 Å². The average Bonchev–Trinajstić information content (AvgIpc) is 2.62. The molecule has 1 aromatic rings. The second-order valence-corrected chi connectivity index (χ2v) is 9.51. The highest BCUT2D eigenvalue weighted by molar-refractivity contribution is 7.89. The number of aryl methyl sites for hydroxylation is 1. The molecule has 2 N–H and O–H groups in total. The lowest BCUT2D eigenvalue weighted by Crippen LogP contribution is -2.42. The van der Waals surface area contributed by atoms with E-state index >= 15 is 0 Å². The normalized spacial score (nSPS) is 16.6. The van der Waals surface area contributed by atoms with Gasteiger partial charge in [0.05, 0.1) is 15.8 Å². The highest BCUT2D eigenvalue weighted by Crippen LogP contribution is 2.30. The third-order valence-corrected chi connectivity index (χ3v) is 7.27. The minimum Gasteiger partial charge on any atom is -0.508 e. The number of carbonyl (C=O) groups excluding carboxylic acids is 1. The molecule has 26 heavy (non-hydrogen) atoms. The second-order valence-electron chi connectivity index (χ2n) is 6.44. The second kappa shape index (κ2) is 9.26. The lowest BCUT2D eigenvalue weighted by Gasteiger charge is -2.31. The van der Waals surface area contributed by atoms with Crippen LogP contribution in [0.5, 0.6) is 5.75 Å². The van der Waals surface area contributed by atoms with E-state index < -0.39 is 10.0 Å². The van der Waals surface area contributed by atoms with Crippen LogP contribution in [0.3, 0.4) is 0 Å². The number of amides is 1. The molecule has 2 rings (SSSR count). The standard InChI is InChI=1S/C17H24Cl2N2O4S/c1-2-26(24,25)21-7-5-12(6-8-21)11-20-17(23)4-3-13-9-14(18)15(19)10-16(13)22/h9-10,12,22H,2-8,11H2,1H3,(H,20,23). The van der Waals surface area contributed by atoms with Crippen molar-refractivity contribution in [1.82, 2.24) is 9.62 Å². The van der Waals surface area contributed by atoms with Crippen molar-refractivity contribution in [1.29, 1.82) is 0 Å². The number of aromatic hydroxyl groups is 1. The fraction of sp³-hybridized carbons (Fsp3) is 0.588. The Morgan fingerprint density at radius 1 is 1.27 bits per heavy atom. The van der Waals surface area contributed by atoms with Gasteiger partial charge in [0.25, 0.3) is 0 Å². The number of piperidine rings is 1. The Kier molecular flexibility index (Phi) is 7.58. The number of nitrogens with zero attached hydrogens (tertiary/aromatic N) is 1. The maximum atomic E-state index is 12.0. The van der Waals surface area contributed by atoms with E-state index in [-0.39, 0.29) is 34.8 Å². The van der Waals surface area contributed by atoms with E-state index in [2.05, 4.69) is 5.32 Å². The van der Waals surface area contributed by atoms with Crippen molar-refractivity contribution in [2.45, 2.75) is 32.6 Å². The molecule has 0 spiro atoms. The van der Waals surface area contributed by atoms with Crippen LogP contribution in [0, 0.1) is 5.92 Å². The van der Waals surface area contributed by atoms with Gasteiger partial charge in [-0.1, -0.05) is 23.2 Å². The summed E-state index contributed by atoms with van der Waals surface area (Å²) < 4.78 is 25.2. The maximum Gasteiger partial charge on any atom is 0.220 e. The van der Waals surface area contributed by atoms with E-state index in [0.29, 0.717) is 36.6 Å². The molecule has 0 aliphatic carbocycles. The number of sulfonamides is 1. The van der Waals surface area contributed by atoms with E-state index in [1.54, 1.807) is 13.0 Å². The molecule has 6 nitrogen and oxygen atoms in total. The number of hydrogen-bond acceptors (Lipinski definition) is 4. The molecule has 146 valence electrons. The molecule has 0 aromatic heterocycles. The van der Waals surface area contributed by atoms with Crippen LogP contribution >= 0.6 is 23.2 Å². The lowest BCUT2D eigenvalue weighted by atomic mass is 9.98. The van der Waals surface area contributed by atoms with Crippen molar-refractivity contribution in [3.63, 3.8) is 0 Å². The van der Waals surface area contributed by atoms with Gasteiger partial charge in [-0.25, -0.2) is 12.7 Å². The SMILES string of the molecule is CCS(=O)(=O)N1CCC(CNC(=O)CCc2cc(Cl)c(Cl)cc2O)CC1. The van der Waals surface area contributed by atoms with Crippen LogP contribution in [0.1, 0.15) is 31.7 Å². The van der Waals surface area contributed by atoms with E-state index in [0.717, 1.165) is 12.8 Å². The van der Waals surface area contributed by atoms with Gasteiger partial charge in [-0.05, 0) is 43.7 Å². The summed E-state index contributed by atoms with van der Waals surface area (Å²) >= 11 is 11.7. The molecule has 1 amide bonds. The van der Waals surface area contributed by atoms with Crippen LogP contribution in [0.15, 0.2) is 12.1 Å². The molecule has 0 atom stereocenters. The van der Waals surface area contributed by atoms with Crippen molar-refractivity contribution in [2.24, 2.45) is 5.92 Å². The van der Waals surface area contributed by atoms with Gasteiger partial charge in [-0.15, -0.1) is 0 Å². The molecule has 1 aliphatic heterocycles. The van der Waals surface area contributed by atoms with Crippen molar-refractivity contribution < 1.29 is 18.3 Å². The van der Waals surface area contributed by atoms with Gasteiger partial charge in [-0.3, -0.25) is 4.79 Å². The van der Waals surface area contributed by atoms with Crippen LogP contribution in [0.2, 0.25) is 10.0 Å². The first kappa shape index (κ1) is 21.3. The van der Waals surface area contributed by atoms with Crippen LogP contribution < -0.4 is 5.32 Å². The zero-order valence-electron chi connectivity index (χ0n) is 14.7. The number of phenols is 1. The Bertz CT molecular complexity index is 747. The van der Waals surface area contributed by atoms with E-state index in [1.165, 1.54) is 10.4 Å². The first-order valence-corrected chi connectivity index (χ1v) is 11.0. The Labute approximate surface area is 164 Å². The molecule has 0 saturated carbocycles. The Balaban J connectivity index is 1.74. The molecule has 0 bridgehead atoms. The first-order chi connectivity index (χ1) is 12.2. The molecule has 1 aliphatic rings. The van der Waals surface area contributed by atoms with Gasteiger partial charge in [-0.2, -0.15) is 0 Å². The number of benzene rings is 1. The van der Waals surface area contributed by atoms with Crippen molar-refractivity contribution in [3.05, 3.63) is 27.7 Å². The molecule has 1 saturated heterocycles. The summed E-state index contributed by atoms with van der Waals surface area (Å²) in [7, 11) is -3.12. The Morgan fingerprint density at radius 2 is 1.88 bits per heavy atom. The van der Waals surface area contributed by atoms with E-state index in [9.17, 15) is 18.3 Å². The zero-order chi connectivity index (χ0) is 19.3. The van der Waals surface area contributed by atoms with Crippen molar-refractivity contribution in [3.8, 4) is 5.75 Å². The number of hydrogen-bond donors (Lipinski definition) is 2. The molecular weight excluding hydrogens is 399 g/mol. The topological polar surface area (TPSA) is 86.7 Å². The summed E-state index contributed by atoms with van der Waals surface area (Å²) in [6, 6.07) is 2.94. The summed E-state index contributed by atoms with van der Waals surface area (Å²) in [5.74, 6) is 0.312. The van der Waals surface area contributed by atoms with Crippen LogP contribution in [0.25, 0.3) is 0 Å². The first-order valence-electron chi connectivity index (χ1n) is 8.64. The summed E-state index contributed by atoms with van der Waals surface area (Å²) in [6.07, 6.45) is 2.08. The molecule has 1 heterocycles. The number of rotatable bonds is 7. The molecule has 0 unspecified atom stereocenters. The quantitative estimate of drug-likeness (QED) is 0.706. The fourth-order valence-corrected chi connectivity index (χ4v) is 4.42. The number of halogens is 2. The summed E-state index contributed by atoms with van der Waals surface area (Å²) in [5.41, 5.74) is 0.577. The molecule has 1 aromatic carbocycles. The van der Waals surface area contributed by atoms with Gasteiger partial charge < -0.3 is 10.4 Å². The smallest absolute Gasteiger partial charge is 0.220 e. The molecule has 9 heteroatoms. The zero-order valence-corrected chi connectivity index (χ0v) is 17.0. The number of phenolic OH excluding ortho intramolecular Hbond substituents is 1. The predicted octanol–water partition coefficient (Wildman–Crippen LogP) is 2.81. The van der Waals surface area contributed by atoms with E-state index in [4.69, 9.17) is 23.2 Å². The largest absolute Gasteiger partial charge is 0.508 e. The van der Waals surface area contributed by atoms with Gasteiger partial charge in [0.2, 0.25) is 15.9 Å². The third-order valence-electron chi connectivity index (χ3n) is 4.66.